The maximum absolute atomic E-state index is 12.7. The Morgan fingerprint density at radius 2 is 1.62 bits per heavy atom. The molecule has 0 saturated carbocycles. The van der Waals surface area contributed by atoms with Gasteiger partial charge in [0.25, 0.3) is 5.91 Å². The highest BCUT2D eigenvalue weighted by atomic mass is 16.5. The zero-order valence-electron chi connectivity index (χ0n) is 19.4. The zero-order chi connectivity index (χ0) is 24.7. The van der Waals surface area contributed by atoms with E-state index in [-0.39, 0.29) is 17.3 Å². The van der Waals surface area contributed by atoms with Crippen LogP contribution in [0.3, 0.4) is 0 Å². The van der Waals surface area contributed by atoms with Gasteiger partial charge in [0, 0.05) is 24.7 Å². The molecule has 0 radical (unpaired) electrons. The van der Waals surface area contributed by atoms with Gasteiger partial charge in [-0.2, -0.15) is 0 Å². The topological polar surface area (TPSA) is 134 Å². The molecule has 11 nitrogen and oxygen atoms in total. The molecule has 0 saturated heterocycles. The van der Waals surface area contributed by atoms with Crippen molar-refractivity contribution in [1.82, 2.24) is 20.5 Å². The Balaban J connectivity index is 1.71. The number of ether oxygens (including phenoxy) is 4. The monoisotopic (exact) mass is 467 g/mol. The van der Waals surface area contributed by atoms with Crippen LogP contribution in [-0.2, 0) is 4.79 Å². The molecule has 3 aromatic rings. The van der Waals surface area contributed by atoms with E-state index in [2.05, 4.69) is 25.8 Å². The van der Waals surface area contributed by atoms with Crippen molar-refractivity contribution in [2.45, 2.75) is 19.9 Å². The Bertz CT molecular complexity index is 1140. The van der Waals surface area contributed by atoms with Crippen LogP contribution in [0.1, 0.15) is 35.9 Å². The van der Waals surface area contributed by atoms with Crippen LogP contribution in [0.25, 0.3) is 0 Å². The van der Waals surface area contributed by atoms with E-state index in [4.69, 9.17) is 18.9 Å². The van der Waals surface area contributed by atoms with E-state index < -0.39 is 17.9 Å². The molecule has 0 aliphatic heterocycles. The highest BCUT2D eigenvalue weighted by Gasteiger charge is 2.18. The highest BCUT2D eigenvalue weighted by Crippen LogP contribution is 2.40. The fraction of sp³-hybridized carbons (Fsp3) is 0.261. The first-order valence-electron chi connectivity index (χ1n) is 10.2. The lowest BCUT2D eigenvalue weighted by Crippen LogP contribution is -2.28. The summed E-state index contributed by atoms with van der Waals surface area (Å²) in [5, 5.41) is 14.1. The van der Waals surface area contributed by atoms with Crippen molar-refractivity contribution in [2.75, 3.05) is 26.6 Å². The van der Waals surface area contributed by atoms with Crippen LogP contribution in [0.15, 0.2) is 42.6 Å². The second kappa shape index (κ2) is 10.9. The number of nitrogens with zero attached hydrogens (tertiary/aromatic N) is 3. The molecule has 11 heteroatoms. The van der Waals surface area contributed by atoms with Gasteiger partial charge in [-0.25, -0.2) is 4.98 Å². The van der Waals surface area contributed by atoms with Crippen molar-refractivity contribution in [1.29, 1.82) is 0 Å². The largest absolute Gasteiger partial charge is 0.493 e. The van der Waals surface area contributed by atoms with Crippen LogP contribution in [0.5, 0.6) is 23.0 Å². The van der Waals surface area contributed by atoms with Gasteiger partial charge < -0.3 is 29.6 Å². The standard InChI is InChI=1S/C23H25N5O6/c1-13(25-22(30)16-8-6-7-9-18(16)34-14(2)29)17-12-24-23(28-27-17)26-15-10-19(31-3)21(33-5)20(11-15)32-4/h6-13H,1-5H3,(H,25,30)(H,24,26,28). The summed E-state index contributed by atoms with van der Waals surface area (Å²) in [6.45, 7) is 3.01. The summed E-state index contributed by atoms with van der Waals surface area (Å²) in [5.74, 6) is 0.873. The fourth-order valence-electron chi connectivity index (χ4n) is 3.07. The lowest BCUT2D eigenvalue weighted by Gasteiger charge is -2.15. The molecule has 0 aliphatic carbocycles. The predicted octanol–water partition coefficient (Wildman–Crippen LogP) is 3.06. The third-order valence-electron chi connectivity index (χ3n) is 4.68. The summed E-state index contributed by atoms with van der Waals surface area (Å²) in [6, 6.07) is 9.38. The van der Waals surface area contributed by atoms with E-state index in [0.29, 0.717) is 28.6 Å². The molecule has 0 fully saturated rings. The van der Waals surface area contributed by atoms with Gasteiger partial charge in [0.2, 0.25) is 11.7 Å². The number of aromatic nitrogens is 3. The summed E-state index contributed by atoms with van der Waals surface area (Å²) in [5.41, 5.74) is 1.27. The van der Waals surface area contributed by atoms with Crippen molar-refractivity contribution < 1.29 is 28.5 Å². The van der Waals surface area contributed by atoms with E-state index in [1.54, 1.807) is 43.3 Å². The SMILES string of the molecule is COc1cc(Nc2ncc(C(C)NC(=O)c3ccccc3OC(C)=O)nn2)cc(OC)c1OC. The molecule has 1 unspecified atom stereocenters. The summed E-state index contributed by atoms with van der Waals surface area (Å²) in [7, 11) is 4.57. The first-order chi connectivity index (χ1) is 16.4. The van der Waals surface area contributed by atoms with E-state index in [0.717, 1.165) is 0 Å². The third kappa shape index (κ3) is 5.68. The molecule has 1 amide bonds. The molecule has 2 aromatic carbocycles. The lowest BCUT2D eigenvalue weighted by molar-refractivity contribution is -0.131. The third-order valence-corrected chi connectivity index (χ3v) is 4.68. The number of rotatable bonds is 9. The molecule has 34 heavy (non-hydrogen) atoms. The van der Waals surface area contributed by atoms with Crippen LogP contribution in [0.4, 0.5) is 11.6 Å². The van der Waals surface area contributed by atoms with Gasteiger partial charge in [-0.15, -0.1) is 10.2 Å². The van der Waals surface area contributed by atoms with Gasteiger partial charge in [-0.3, -0.25) is 9.59 Å². The maximum atomic E-state index is 12.7. The van der Waals surface area contributed by atoms with Crippen molar-refractivity contribution in [2.24, 2.45) is 0 Å². The van der Waals surface area contributed by atoms with Crippen LogP contribution in [-0.4, -0.2) is 48.4 Å². The Kier molecular flexibility index (Phi) is 7.80. The van der Waals surface area contributed by atoms with E-state index in [1.165, 1.54) is 34.4 Å². The molecule has 178 valence electrons. The number of esters is 1. The van der Waals surface area contributed by atoms with Gasteiger partial charge in [0.15, 0.2) is 11.5 Å². The summed E-state index contributed by atoms with van der Waals surface area (Å²) in [4.78, 5) is 28.3. The average molecular weight is 467 g/mol. The Labute approximate surface area is 196 Å². The summed E-state index contributed by atoms with van der Waals surface area (Å²) in [6.07, 6.45) is 1.50. The molecule has 0 aliphatic rings. The normalized spacial score (nSPS) is 11.2. The summed E-state index contributed by atoms with van der Waals surface area (Å²) >= 11 is 0. The number of para-hydroxylation sites is 1. The molecule has 0 bridgehead atoms. The quantitative estimate of drug-likeness (QED) is 0.357. The van der Waals surface area contributed by atoms with E-state index in [1.807, 2.05) is 0 Å². The Morgan fingerprint density at radius 3 is 2.18 bits per heavy atom. The number of amides is 1. The van der Waals surface area contributed by atoms with Gasteiger partial charge >= 0.3 is 5.97 Å². The minimum absolute atomic E-state index is 0.175. The van der Waals surface area contributed by atoms with E-state index in [9.17, 15) is 9.59 Å². The van der Waals surface area contributed by atoms with Crippen LogP contribution in [0.2, 0.25) is 0 Å². The number of carbonyl (C=O) groups excluding carboxylic acids is 2. The molecule has 3 rings (SSSR count). The molecule has 1 aromatic heterocycles. The van der Waals surface area contributed by atoms with Crippen LogP contribution < -0.4 is 29.6 Å². The first-order valence-corrected chi connectivity index (χ1v) is 10.2. The summed E-state index contributed by atoms with van der Waals surface area (Å²) < 4.78 is 21.1. The van der Waals surface area contributed by atoms with Gasteiger partial charge in [-0.05, 0) is 19.1 Å². The van der Waals surface area contributed by atoms with Gasteiger partial charge in [0.1, 0.15) is 11.4 Å². The van der Waals surface area contributed by atoms with Crippen molar-refractivity contribution in [3.05, 3.63) is 53.9 Å². The van der Waals surface area contributed by atoms with Crippen LogP contribution >= 0.6 is 0 Å². The highest BCUT2D eigenvalue weighted by molar-refractivity contribution is 5.97. The minimum Gasteiger partial charge on any atom is -0.493 e. The predicted molar refractivity (Wildman–Crippen MR) is 123 cm³/mol. The van der Waals surface area contributed by atoms with Crippen molar-refractivity contribution >= 4 is 23.5 Å². The number of nitrogens with one attached hydrogen (secondary N) is 2. The second-order valence-corrected chi connectivity index (χ2v) is 7.03. The number of hydrogen-bond donors (Lipinski definition) is 2. The van der Waals surface area contributed by atoms with Gasteiger partial charge in [-0.1, -0.05) is 12.1 Å². The maximum Gasteiger partial charge on any atom is 0.308 e. The Morgan fingerprint density at radius 1 is 0.941 bits per heavy atom. The van der Waals surface area contributed by atoms with Crippen LogP contribution in [0, 0.1) is 0 Å². The number of hydrogen-bond acceptors (Lipinski definition) is 10. The minimum atomic E-state index is -0.515. The van der Waals surface area contributed by atoms with Gasteiger partial charge in [0.05, 0.1) is 39.1 Å². The fourth-order valence-corrected chi connectivity index (χ4v) is 3.07. The lowest BCUT2D eigenvalue weighted by atomic mass is 10.1. The number of carbonyl (C=O) groups is 2. The molecule has 1 heterocycles. The Hall–Kier alpha value is -4.41. The average Bonchev–Trinajstić information content (AvgIpc) is 2.83. The molecular weight excluding hydrogens is 442 g/mol. The van der Waals surface area contributed by atoms with Crippen molar-refractivity contribution in [3.8, 4) is 23.0 Å². The van der Waals surface area contributed by atoms with E-state index >= 15 is 0 Å². The second-order valence-electron chi connectivity index (χ2n) is 7.03. The smallest absolute Gasteiger partial charge is 0.308 e. The number of benzene rings is 2. The van der Waals surface area contributed by atoms with Crippen molar-refractivity contribution in [3.63, 3.8) is 0 Å². The zero-order valence-corrected chi connectivity index (χ0v) is 19.4. The first kappa shape index (κ1) is 24.2. The molecular formula is C23H25N5O6. The molecule has 0 spiro atoms. The molecule has 1 atom stereocenters. The number of methoxy groups -OCH3 is 3. The number of anilines is 2. The molecule has 2 N–H and O–H groups in total.